The van der Waals surface area contributed by atoms with Crippen LogP contribution in [0.25, 0.3) is 20.8 Å². The van der Waals surface area contributed by atoms with Gasteiger partial charge in [-0.25, -0.2) is 9.69 Å². The lowest BCUT2D eigenvalue weighted by molar-refractivity contribution is 0.280. The van der Waals surface area contributed by atoms with Gasteiger partial charge in [0.15, 0.2) is 11.4 Å². The number of hydrogen-bond acceptors (Lipinski definition) is 6. The summed E-state index contributed by atoms with van der Waals surface area (Å²) in [6.45, 7) is 15.5. The summed E-state index contributed by atoms with van der Waals surface area (Å²) in [6.07, 6.45) is 0. The van der Waals surface area contributed by atoms with Crippen LogP contribution in [0.2, 0.25) is 0 Å². The summed E-state index contributed by atoms with van der Waals surface area (Å²) >= 11 is 0. The van der Waals surface area contributed by atoms with E-state index in [0.717, 1.165) is 28.0 Å². The van der Waals surface area contributed by atoms with E-state index in [0.29, 0.717) is 51.2 Å². The molecule has 0 saturated heterocycles. The molecule has 6 aromatic carbocycles. The highest BCUT2D eigenvalue weighted by Gasteiger charge is 2.13. The van der Waals surface area contributed by atoms with Gasteiger partial charge in [-0.05, 0) is 108 Å². The van der Waals surface area contributed by atoms with Crippen LogP contribution in [0.3, 0.4) is 0 Å². The average Bonchev–Trinajstić information content (AvgIpc) is 3.16. The first-order chi connectivity index (χ1) is 24.4. The normalized spacial score (nSPS) is 10.2. The average molecular weight is 663 g/mol. The number of aliphatic hydroxyl groups excluding tert-OH is 3. The third-order valence-corrected chi connectivity index (χ3v) is 7.53. The van der Waals surface area contributed by atoms with Crippen LogP contribution in [-0.4, -0.2) is 15.3 Å². The van der Waals surface area contributed by atoms with Gasteiger partial charge in [0, 0.05) is 0 Å². The summed E-state index contributed by atoms with van der Waals surface area (Å²) in [4.78, 5) is 6.68. The molecule has 248 valence electrons. The molecule has 0 aliphatic rings. The van der Waals surface area contributed by atoms with Crippen LogP contribution in [0, 0.1) is 20.1 Å². The van der Waals surface area contributed by atoms with Crippen molar-refractivity contribution < 1.29 is 29.5 Å². The zero-order valence-corrected chi connectivity index (χ0v) is 27.3. The molecule has 0 aliphatic heterocycles. The predicted octanol–water partition coefficient (Wildman–Crippen LogP) is 10.3. The highest BCUT2D eigenvalue weighted by molar-refractivity contribution is 5.72. The molecule has 0 unspecified atom stereocenters. The van der Waals surface area contributed by atoms with Gasteiger partial charge in [-0.3, -0.25) is 0 Å². The Morgan fingerprint density at radius 3 is 1.26 bits per heavy atom. The summed E-state index contributed by atoms with van der Waals surface area (Å²) in [5.74, 6) is 3.87. The quantitative estimate of drug-likeness (QED) is 0.126. The number of ether oxygens (including phenoxy) is 3. The summed E-state index contributed by atoms with van der Waals surface area (Å²) in [5, 5.41) is 29.0. The number of rotatable bonds is 10. The molecule has 0 atom stereocenters. The van der Waals surface area contributed by atoms with Crippen LogP contribution in [0.5, 0.6) is 34.5 Å². The Balaban J connectivity index is 0.000000240. The summed E-state index contributed by atoms with van der Waals surface area (Å²) in [5.41, 5.74) is 6.06. The highest BCUT2D eigenvalue weighted by atomic mass is 16.5. The topological polar surface area (TPSA) is 97.1 Å². The van der Waals surface area contributed by atoms with Crippen LogP contribution in [0.1, 0.15) is 22.3 Å². The van der Waals surface area contributed by atoms with Gasteiger partial charge in [0.2, 0.25) is 0 Å². The van der Waals surface area contributed by atoms with Crippen molar-refractivity contribution in [3.8, 4) is 45.6 Å². The Morgan fingerprint density at radius 2 is 0.860 bits per heavy atom. The van der Waals surface area contributed by atoms with E-state index in [9.17, 15) is 10.2 Å². The predicted molar refractivity (Wildman–Crippen MR) is 193 cm³/mol. The van der Waals surface area contributed by atoms with Crippen LogP contribution in [-0.2, 0) is 19.8 Å². The second-order valence-electron chi connectivity index (χ2n) is 11.1. The summed E-state index contributed by atoms with van der Waals surface area (Å²) in [7, 11) is 0. The molecule has 0 radical (unpaired) electrons. The fraction of sp³-hybridized carbons (Fsp3) is 0.0952. The largest absolute Gasteiger partial charge is 0.457 e. The SMILES string of the molecule is [C-]#[N+]c1ccc(Oc2ccc(-c3ccc(Oc4ccc(C)cc4)cc3CO)c(CO)c2)cc1.[C-]#[N+]c1ccc(Oc2cccc(CO)c2)cc1. The van der Waals surface area contributed by atoms with Gasteiger partial charge >= 0.3 is 0 Å². The number of aliphatic hydroxyl groups is 3. The van der Waals surface area contributed by atoms with E-state index >= 15 is 0 Å². The van der Waals surface area contributed by atoms with Crippen LogP contribution >= 0.6 is 0 Å². The maximum atomic E-state index is 10.00. The standard InChI is InChI=1S/C28H23NO4.C14H11NO2/c1-19-3-7-23(8-4-19)32-25-11-13-27(20(15-25)17-30)28-14-12-26(16-21(28)18-31)33-24-9-5-22(29-2)6-10-24;1-15-12-5-7-13(8-6-12)17-14-4-2-3-11(9-14)10-16/h3-16,30-31H,17-18H2,1H3;2-9,16H,10H2. The van der Waals surface area contributed by atoms with Gasteiger partial charge in [-0.2, -0.15) is 0 Å². The first-order valence-electron chi connectivity index (χ1n) is 15.6. The Morgan fingerprint density at radius 1 is 0.460 bits per heavy atom. The van der Waals surface area contributed by atoms with Crippen LogP contribution < -0.4 is 14.2 Å². The minimum atomic E-state index is -0.185. The third-order valence-electron chi connectivity index (χ3n) is 7.53. The first-order valence-corrected chi connectivity index (χ1v) is 15.6. The molecular weight excluding hydrogens is 628 g/mol. The van der Waals surface area contributed by atoms with Crippen molar-refractivity contribution in [1.82, 2.24) is 0 Å². The van der Waals surface area contributed by atoms with E-state index in [1.807, 2.05) is 73.7 Å². The monoisotopic (exact) mass is 662 g/mol. The minimum Gasteiger partial charge on any atom is -0.457 e. The van der Waals surface area contributed by atoms with Crippen molar-refractivity contribution >= 4 is 11.4 Å². The van der Waals surface area contributed by atoms with E-state index in [2.05, 4.69) is 9.69 Å². The maximum Gasteiger partial charge on any atom is 0.187 e. The molecular formula is C42H34N2O6. The highest BCUT2D eigenvalue weighted by Crippen LogP contribution is 2.35. The molecule has 0 spiro atoms. The third kappa shape index (κ3) is 9.35. The fourth-order valence-electron chi connectivity index (χ4n) is 4.95. The molecule has 8 heteroatoms. The zero-order chi connectivity index (χ0) is 35.3. The molecule has 0 heterocycles. The van der Waals surface area contributed by atoms with Crippen molar-refractivity contribution in [2.75, 3.05) is 0 Å². The molecule has 50 heavy (non-hydrogen) atoms. The maximum absolute atomic E-state index is 10.00. The van der Waals surface area contributed by atoms with E-state index < -0.39 is 0 Å². The molecule has 6 rings (SSSR count). The molecule has 0 aromatic heterocycles. The van der Waals surface area contributed by atoms with Crippen molar-refractivity contribution in [2.45, 2.75) is 26.7 Å². The second-order valence-corrected chi connectivity index (χ2v) is 11.1. The van der Waals surface area contributed by atoms with E-state index in [1.165, 1.54) is 0 Å². The van der Waals surface area contributed by atoms with Crippen LogP contribution in [0.15, 0.2) is 133 Å². The second kappa shape index (κ2) is 17.1. The molecule has 0 bridgehead atoms. The zero-order valence-electron chi connectivity index (χ0n) is 27.3. The van der Waals surface area contributed by atoms with Gasteiger partial charge in [-0.1, -0.05) is 66.2 Å². The molecule has 0 fully saturated rings. The molecule has 0 amide bonds. The fourth-order valence-corrected chi connectivity index (χ4v) is 4.95. The van der Waals surface area contributed by atoms with Crippen molar-refractivity contribution in [2.24, 2.45) is 0 Å². The van der Waals surface area contributed by atoms with Gasteiger partial charge in [-0.15, -0.1) is 0 Å². The van der Waals surface area contributed by atoms with Crippen molar-refractivity contribution in [3.05, 3.63) is 179 Å². The molecule has 0 aliphatic carbocycles. The van der Waals surface area contributed by atoms with E-state index in [-0.39, 0.29) is 19.8 Å². The van der Waals surface area contributed by atoms with Gasteiger partial charge in [0.05, 0.1) is 33.0 Å². The van der Waals surface area contributed by atoms with E-state index in [4.69, 9.17) is 32.5 Å². The summed E-state index contributed by atoms with van der Waals surface area (Å²) < 4.78 is 17.4. The number of benzene rings is 6. The molecule has 8 nitrogen and oxygen atoms in total. The van der Waals surface area contributed by atoms with Gasteiger partial charge < -0.3 is 29.5 Å². The number of aryl methyl sites for hydroxylation is 1. The Kier molecular flexibility index (Phi) is 11.9. The van der Waals surface area contributed by atoms with Gasteiger partial charge in [0.1, 0.15) is 34.5 Å². The van der Waals surface area contributed by atoms with Crippen LogP contribution in [0.4, 0.5) is 11.4 Å². The number of hydrogen-bond donors (Lipinski definition) is 3. The molecule has 0 saturated carbocycles. The lowest BCUT2D eigenvalue weighted by atomic mass is 9.95. The Labute approximate surface area is 291 Å². The lowest BCUT2D eigenvalue weighted by Gasteiger charge is -2.15. The lowest BCUT2D eigenvalue weighted by Crippen LogP contribution is -1.96. The Hall–Kier alpha value is -6.42. The smallest absolute Gasteiger partial charge is 0.187 e. The molecule has 6 aromatic rings. The first kappa shape index (κ1) is 34.9. The molecule has 3 N–H and O–H groups in total. The minimum absolute atomic E-state index is 0.00609. The van der Waals surface area contributed by atoms with E-state index in [1.54, 1.807) is 66.7 Å². The Bertz CT molecular complexity index is 2110. The van der Waals surface area contributed by atoms with Crippen molar-refractivity contribution in [1.29, 1.82) is 0 Å². The van der Waals surface area contributed by atoms with Gasteiger partial charge in [0.25, 0.3) is 0 Å². The number of nitrogens with zero attached hydrogens (tertiary/aromatic N) is 2. The summed E-state index contributed by atoms with van der Waals surface area (Å²) in [6, 6.07) is 39.8. The van der Waals surface area contributed by atoms with Crippen molar-refractivity contribution in [3.63, 3.8) is 0 Å².